The zero-order valence-corrected chi connectivity index (χ0v) is 17.4. The van der Waals surface area contributed by atoms with Crippen LogP contribution in [0.5, 0.6) is 0 Å². The number of esters is 1. The summed E-state index contributed by atoms with van der Waals surface area (Å²) < 4.78 is 4.98. The largest absolute Gasteiger partial charge is 0.465 e. The molecule has 3 unspecified atom stereocenters. The molecule has 9 heteroatoms. The standard InChI is InChI=1S/C20H25N5O3S/c1-3-25-18(9-13(11-21)20(27)28-4-2)29-17(19(25)26)7-8-22-14-5-6-15-16(10-14)24-12-23-15/h5-6,10,12-13,17-18,22H,3-4,7-9H2,1-2H3,(H,23,24). The zero-order valence-electron chi connectivity index (χ0n) is 16.6. The summed E-state index contributed by atoms with van der Waals surface area (Å²) in [6.07, 6.45) is 2.61. The molecule has 1 saturated heterocycles. The van der Waals surface area contributed by atoms with E-state index >= 15 is 0 Å². The van der Waals surface area contributed by atoms with Crippen molar-refractivity contribution in [3.05, 3.63) is 24.5 Å². The van der Waals surface area contributed by atoms with Crippen LogP contribution < -0.4 is 5.32 Å². The molecule has 0 spiro atoms. The molecule has 0 saturated carbocycles. The van der Waals surface area contributed by atoms with Gasteiger partial charge in [-0.15, -0.1) is 11.8 Å². The molecule has 1 amide bonds. The number of rotatable bonds is 9. The minimum atomic E-state index is -0.854. The fourth-order valence-electron chi connectivity index (χ4n) is 3.42. The number of nitriles is 1. The summed E-state index contributed by atoms with van der Waals surface area (Å²) in [7, 11) is 0. The molecule has 1 aromatic carbocycles. The van der Waals surface area contributed by atoms with E-state index in [1.54, 1.807) is 18.2 Å². The van der Waals surface area contributed by atoms with Gasteiger partial charge in [0.05, 0.1) is 40.7 Å². The van der Waals surface area contributed by atoms with Crippen molar-refractivity contribution in [1.29, 1.82) is 5.26 Å². The number of aromatic amines is 1. The zero-order chi connectivity index (χ0) is 20.8. The van der Waals surface area contributed by atoms with Crippen LogP contribution in [0.4, 0.5) is 5.69 Å². The summed E-state index contributed by atoms with van der Waals surface area (Å²) in [5.41, 5.74) is 2.83. The number of imidazole rings is 1. The molecule has 29 heavy (non-hydrogen) atoms. The molecule has 0 bridgehead atoms. The maximum atomic E-state index is 12.8. The Kier molecular flexibility index (Phi) is 6.99. The lowest BCUT2D eigenvalue weighted by atomic mass is 10.1. The van der Waals surface area contributed by atoms with E-state index in [2.05, 4.69) is 15.3 Å². The SMILES string of the molecule is CCOC(=O)C(C#N)CC1SC(CCNc2ccc3nc[nH]c3c2)C(=O)N1CC. The van der Waals surface area contributed by atoms with Gasteiger partial charge in [0.25, 0.3) is 0 Å². The molecular formula is C20H25N5O3S. The normalized spacial score (nSPS) is 19.9. The molecule has 2 aromatic rings. The number of nitrogens with zero attached hydrogens (tertiary/aromatic N) is 3. The molecule has 1 aliphatic heterocycles. The Morgan fingerprint density at radius 1 is 1.48 bits per heavy atom. The first-order valence-electron chi connectivity index (χ1n) is 9.76. The first-order chi connectivity index (χ1) is 14.1. The molecule has 2 heterocycles. The Morgan fingerprint density at radius 3 is 3.03 bits per heavy atom. The second kappa shape index (κ2) is 9.65. The number of fused-ring (bicyclic) bond motifs is 1. The number of anilines is 1. The van der Waals surface area contributed by atoms with E-state index in [0.29, 0.717) is 25.9 Å². The first kappa shape index (κ1) is 21.0. The second-order valence-corrected chi connectivity index (χ2v) is 8.11. The van der Waals surface area contributed by atoms with Crippen molar-refractivity contribution in [2.75, 3.05) is 25.0 Å². The summed E-state index contributed by atoms with van der Waals surface area (Å²) in [5, 5.41) is 12.3. The van der Waals surface area contributed by atoms with Crippen LogP contribution in [0.3, 0.4) is 0 Å². The van der Waals surface area contributed by atoms with Crippen LogP contribution in [0.2, 0.25) is 0 Å². The predicted octanol–water partition coefficient (Wildman–Crippen LogP) is 2.75. The van der Waals surface area contributed by atoms with Gasteiger partial charge >= 0.3 is 5.97 Å². The average molecular weight is 416 g/mol. The van der Waals surface area contributed by atoms with Gasteiger partial charge in [0.1, 0.15) is 5.92 Å². The summed E-state index contributed by atoms with van der Waals surface area (Å²) in [4.78, 5) is 33.7. The Labute approximate surface area is 174 Å². The number of carbonyl (C=O) groups excluding carboxylic acids is 2. The number of ether oxygens (including phenoxy) is 1. The fraction of sp³-hybridized carbons (Fsp3) is 0.500. The van der Waals surface area contributed by atoms with E-state index in [-0.39, 0.29) is 23.1 Å². The van der Waals surface area contributed by atoms with Gasteiger partial charge < -0.3 is 19.9 Å². The summed E-state index contributed by atoms with van der Waals surface area (Å²) in [6, 6.07) is 7.91. The van der Waals surface area contributed by atoms with Gasteiger partial charge in [0, 0.05) is 25.2 Å². The summed E-state index contributed by atoms with van der Waals surface area (Å²) >= 11 is 1.53. The van der Waals surface area contributed by atoms with Crippen LogP contribution in [-0.2, 0) is 14.3 Å². The molecule has 3 atom stereocenters. The average Bonchev–Trinajstić information content (AvgIpc) is 3.30. The lowest BCUT2D eigenvalue weighted by molar-refractivity contribution is -0.146. The van der Waals surface area contributed by atoms with Crippen molar-refractivity contribution in [3.63, 3.8) is 0 Å². The topological polar surface area (TPSA) is 111 Å². The highest BCUT2D eigenvalue weighted by Crippen LogP contribution is 2.37. The van der Waals surface area contributed by atoms with Gasteiger partial charge in [-0.1, -0.05) is 0 Å². The summed E-state index contributed by atoms with van der Waals surface area (Å²) in [5.74, 6) is -1.31. The van der Waals surface area contributed by atoms with E-state index in [1.807, 2.05) is 31.2 Å². The van der Waals surface area contributed by atoms with Gasteiger partial charge in [-0.2, -0.15) is 5.26 Å². The minimum Gasteiger partial charge on any atom is -0.465 e. The van der Waals surface area contributed by atoms with Gasteiger partial charge in [0.15, 0.2) is 0 Å². The van der Waals surface area contributed by atoms with Crippen molar-refractivity contribution in [1.82, 2.24) is 14.9 Å². The number of thioether (sulfide) groups is 1. The van der Waals surface area contributed by atoms with E-state index < -0.39 is 11.9 Å². The van der Waals surface area contributed by atoms with E-state index in [0.717, 1.165) is 16.7 Å². The predicted molar refractivity (Wildman–Crippen MR) is 112 cm³/mol. The van der Waals surface area contributed by atoms with Crippen LogP contribution in [0.15, 0.2) is 24.5 Å². The maximum Gasteiger partial charge on any atom is 0.323 e. The van der Waals surface area contributed by atoms with Gasteiger partial charge in [-0.25, -0.2) is 4.98 Å². The molecule has 3 rings (SSSR count). The van der Waals surface area contributed by atoms with Crippen molar-refractivity contribution in [3.8, 4) is 6.07 Å². The first-order valence-corrected chi connectivity index (χ1v) is 10.7. The van der Waals surface area contributed by atoms with Crippen LogP contribution >= 0.6 is 11.8 Å². The van der Waals surface area contributed by atoms with Gasteiger partial charge in [-0.05, 0) is 38.5 Å². The molecule has 2 N–H and O–H groups in total. The van der Waals surface area contributed by atoms with Crippen molar-refractivity contribution >= 4 is 40.4 Å². The summed E-state index contributed by atoms with van der Waals surface area (Å²) in [6.45, 7) is 5.07. The third-order valence-electron chi connectivity index (χ3n) is 4.89. The molecular weight excluding hydrogens is 390 g/mol. The number of amides is 1. The second-order valence-electron chi connectivity index (χ2n) is 6.72. The van der Waals surface area contributed by atoms with Gasteiger partial charge in [-0.3, -0.25) is 9.59 Å². The minimum absolute atomic E-state index is 0.0638. The number of carbonyl (C=O) groups is 2. The highest BCUT2D eigenvalue weighted by molar-refractivity contribution is 8.01. The molecule has 0 aliphatic carbocycles. The number of benzene rings is 1. The third-order valence-corrected chi connectivity index (χ3v) is 6.42. The molecule has 0 radical (unpaired) electrons. The molecule has 1 aromatic heterocycles. The highest BCUT2D eigenvalue weighted by atomic mass is 32.2. The van der Waals surface area contributed by atoms with Gasteiger partial charge in [0.2, 0.25) is 5.91 Å². The monoisotopic (exact) mass is 415 g/mol. The Hall–Kier alpha value is -2.73. The van der Waals surface area contributed by atoms with Crippen molar-refractivity contribution < 1.29 is 14.3 Å². The van der Waals surface area contributed by atoms with Crippen LogP contribution in [-0.4, -0.2) is 57.1 Å². The van der Waals surface area contributed by atoms with Crippen molar-refractivity contribution in [2.45, 2.75) is 37.3 Å². The number of aromatic nitrogens is 2. The fourth-order valence-corrected chi connectivity index (χ4v) is 5.01. The Morgan fingerprint density at radius 2 is 2.31 bits per heavy atom. The highest BCUT2D eigenvalue weighted by Gasteiger charge is 2.41. The number of H-pyrrole nitrogens is 1. The van der Waals surface area contributed by atoms with Crippen LogP contribution in [0, 0.1) is 17.2 Å². The number of hydrogen-bond donors (Lipinski definition) is 2. The van der Waals surface area contributed by atoms with Crippen LogP contribution in [0.1, 0.15) is 26.7 Å². The smallest absolute Gasteiger partial charge is 0.323 e. The molecule has 8 nitrogen and oxygen atoms in total. The quantitative estimate of drug-likeness (QED) is 0.606. The third kappa shape index (κ3) is 4.82. The molecule has 154 valence electrons. The Bertz CT molecular complexity index is 909. The number of nitrogens with one attached hydrogen (secondary N) is 2. The van der Waals surface area contributed by atoms with Crippen LogP contribution in [0.25, 0.3) is 11.0 Å². The lowest BCUT2D eigenvalue weighted by Crippen LogP contribution is -2.36. The number of hydrogen-bond acceptors (Lipinski definition) is 7. The maximum absolute atomic E-state index is 12.8. The Balaban J connectivity index is 1.56. The molecule has 1 aliphatic rings. The molecule has 1 fully saturated rings. The van der Waals surface area contributed by atoms with Crippen molar-refractivity contribution in [2.24, 2.45) is 5.92 Å². The van der Waals surface area contributed by atoms with E-state index in [9.17, 15) is 14.9 Å². The van der Waals surface area contributed by atoms with E-state index in [4.69, 9.17) is 4.74 Å². The lowest BCUT2D eigenvalue weighted by Gasteiger charge is -2.23. The van der Waals surface area contributed by atoms with E-state index in [1.165, 1.54) is 11.8 Å².